The number of fused-ring (bicyclic) bond motifs is 1. The average Bonchev–Trinajstić information content (AvgIpc) is 2.83. The van der Waals surface area contributed by atoms with Gasteiger partial charge in [-0.3, -0.25) is 0 Å². The van der Waals surface area contributed by atoms with E-state index in [1.54, 1.807) is 6.20 Å². The zero-order valence-corrected chi connectivity index (χ0v) is 13.9. The number of hydrogen-bond donors (Lipinski definition) is 1. The second-order valence-corrected chi connectivity index (χ2v) is 7.02. The van der Waals surface area contributed by atoms with Crippen LogP contribution in [0.2, 0.25) is 0 Å². The van der Waals surface area contributed by atoms with Gasteiger partial charge in [0.05, 0.1) is 5.56 Å². The van der Waals surface area contributed by atoms with Crippen LogP contribution in [-0.2, 0) is 12.5 Å². The molecule has 0 saturated carbocycles. The number of aromatic nitrogens is 1. The maximum atomic E-state index is 11.3. The van der Waals surface area contributed by atoms with Gasteiger partial charge in [0.15, 0.2) is 0 Å². The third kappa shape index (κ3) is 2.74. The zero-order chi connectivity index (χ0) is 16.8. The van der Waals surface area contributed by atoms with Crippen molar-refractivity contribution in [2.45, 2.75) is 26.2 Å². The lowest BCUT2D eigenvalue weighted by Gasteiger charge is -2.19. The molecule has 3 rings (SSSR count). The first-order valence-electron chi connectivity index (χ1n) is 7.70. The van der Waals surface area contributed by atoms with Gasteiger partial charge in [-0.05, 0) is 28.2 Å². The molecule has 0 radical (unpaired) electrons. The van der Waals surface area contributed by atoms with Gasteiger partial charge >= 0.3 is 5.97 Å². The van der Waals surface area contributed by atoms with Crippen LogP contribution < -0.4 is 0 Å². The van der Waals surface area contributed by atoms with Crippen molar-refractivity contribution >= 4 is 16.9 Å². The van der Waals surface area contributed by atoms with Crippen molar-refractivity contribution in [2.75, 3.05) is 0 Å². The smallest absolute Gasteiger partial charge is 0.337 e. The molecule has 23 heavy (non-hydrogen) atoms. The Morgan fingerprint density at radius 3 is 2.17 bits per heavy atom. The van der Waals surface area contributed by atoms with Crippen LogP contribution in [0.25, 0.3) is 22.0 Å². The van der Waals surface area contributed by atoms with Gasteiger partial charge in [-0.1, -0.05) is 57.2 Å². The first-order chi connectivity index (χ1) is 10.8. The molecule has 0 aliphatic carbocycles. The summed E-state index contributed by atoms with van der Waals surface area (Å²) in [5.74, 6) is -0.891. The summed E-state index contributed by atoms with van der Waals surface area (Å²) in [6, 6.07) is 14.5. The number of carbonyl (C=O) groups is 1. The van der Waals surface area contributed by atoms with Crippen LogP contribution >= 0.6 is 0 Å². The van der Waals surface area contributed by atoms with E-state index in [-0.39, 0.29) is 5.41 Å². The Kier molecular flexibility index (Phi) is 3.52. The largest absolute Gasteiger partial charge is 0.478 e. The van der Waals surface area contributed by atoms with E-state index in [0.717, 1.165) is 22.0 Å². The Balaban J connectivity index is 2.07. The van der Waals surface area contributed by atoms with Crippen LogP contribution in [0, 0.1) is 0 Å². The Hall–Kier alpha value is -2.55. The summed E-state index contributed by atoms with van der Waals surface area (Å²) in [6.07, 6.45) is 1.67. The summed E-state index contributed by atoms with van der Waals surface area (Å²) in [5.41, 5.74) is 4.94. The van der Waals surface area contributed by atoms with Crippen molar-refractivity contribution in [3.8, 4) is 11.1 Å². The Bertz CT molecular complexity index is 880. The lowest BCUT2D eigenvalue weighted by molar-refractivity contribution is 0.0699. The van der Waals surface area contributed by atoms with Crippen molar-refractivity contribution in [3.63, 3.8) is 0 Å². The second kappa shape index (κ2) is 5.27. The molecule has 0 amide bonds. The van der Waals surface area contributed by atoms with Crippen molar-refractivity contribution in [3.05, 3.63) is 59.8 Å². The van der Waals surface area contributed by atoms with E-state index in [1.165, 1.54) is 5.56 Å². The van der Waals surface area contributed by atoms with Crippen LogP contribution in [0.5, 0.6) is 0 Å². The van der Waals surface area contributed by atoms with Crippen molar-refractivity contribution < 1.29 is 9.90 Å². The minimum absolute atomic E-state index is 0.136. The monoisotopic (exact) mass is 307 g/mol. The molecule has 0 aliphatic heterocycles. The van der Waals surface area contributed by atoms with E-state index in [1.807, 2.05) is 29.8 Å². The highest BCUT2D eigenvalue weighted by atomic mass is 16.4. The summed E-state index contributed by atoms with van der Waals surface area (Å²) in [6.45, 7) is 6.60. The number of carboxylic acid groups (broad SMARTS) is 1. The molecule has 3 heteroatoms. The van der Waals surface area contributed by atoms with Crippen molar-refractivity contribution in [1.29, 1.82) is 0 Å². The molecule has 0 bridgehead atoms. The fraction of sp³-hybridized carbons (Fsp3) is 0.250. The molecule has 3 aromatic rings. The highest BCUT2D eigenvalue weighted by Crippen LogP contribution is 2.29. The highest BCUT2D eigenvalue weighted by molar-refractivity contribution is 6.04. The maximum absolute atomic E-state index is 11.3. The van der Waals surface area contributed by atoms with Crippen LogP contribution in [0.3, 0.4) is 0 Å². The lowest BCUT2D eigenvalue weighted by Crippen LogP contribution is -2.10. The van der Waals surface area contributed by atoms with Crippen LogP contribution in [0.4, 0.5) is 0 Å². The molecule has 0 saturated heterocycles. The Morgan fingerprint density at radius 1 is 1.00 bits per heavy atom. The van der Waals surface area contributed by atoms with Gasteiger partial charge in [0, 0.05) is 24.1 Å². The topological polar surface area (TPSA) is 42.2 Å². The minimum Gasteiger partial charge on any atom is -0.478 e. The van der Waals surface area contributed by atoms with Gasteiger partial charge in [-0.25, -0.2) is 4.79 Å². The Morgan fingerprint density at radius 2 is 1.61 bits per heavy atom. The quantitative estimate of drug-likeness (QED) is 0.736. The number of aromatic carboxylic acids is 1. The van der Waals surface area contributed by atoms with E-state index in [0.29, 0.717) is 5.56 Å². The van der Waals surface area contributed by atoms with Gasteiger partial charge in [-0.15, -0.1) is 0 Å². The molecule has 3 nitrogen and oxygen atoms in total. The lowest BCUT2D eigenvalue weighted by atomic mass is 9.86. The van der Waals surface area contributed by atoms with Crippen molar-refractivity contribution in [1.82, 2.24) is 4.57 Å². The average molecular weight is 307 g/mol. The predicted molar refractivity (Wildman–Crippen MR) is 94.0 cm³/mol. The molecule has 0 spiro atoms. The zero-order valence-electron chi connectivity index (χ0n) is 13.9. The summed E-state index contributed by atoms with van der Waals surface area (Å²) < 4.78 is 1.87. The van der Waals surface area contributed by atoms with Crippen LogP contribution in [0.1, 0.15) is 36.7 Å². The van der Waals surface area contributed by atoms with E-state index in [2.05, 4.69) is 45.0 Å². The highest BCUT2D eigenvalue weighted by Gasteiger charge is 2.15. The molecule has 1 heterocycles. The molecule has 118 valence electrons. The predicted octanol–water partition coefficient (Wildman–Crippen LogP) is 4.84. The van der Waals surface area contributed by atoms with E-state index >= 15 is 0 Å². The minimum atomic E-state index is -0.891. The molecule has 0 atom stereocenters. The number of hydrogen-bond acceptors (Lipinski definition) is 1. The summed E-state index contributed by atoms with van der Waals surface area (Å²) in [7, 11) is 1.88. The number of aryl methyl sites for hydroxylation is 1. The fourth-order valence-electron chi connectivity index (χ4n) is 2.90. The van der Waals surface area contributed by atoms with Gasteiger partial charge in [0.1, 0.15) is 0 Å². The molecular formula is C20H21NO2. The molecule has 0 aliphatic rings. The van der Waals surface area contributed by atoms with Gasteiger partial charge in [0.2, 0.25) is 0 Å². The summed E-state index contributed by atoms with van der Waals surface area (Å²) in [4.78, 5) is 11.3. The molecule has 2 aromatic carbocycles. The second-order valence-electron chi connectivity index (χ2n) is 7.02. The van der Waals surface area contributed by atoms with Crippen molar-refractivity contribution in [2.24, 2.45) is 7.05 Å². The first kappa shape index (κ1) is 15.3. The molecule has 1 aromatic heterocycles. The summed E-state index contributed by atoms with van der Waals surface area (Å²) >= 11 is 0. The van der Waals surface area contributed by atoms with Gasteiger partial charge in [0.25, 0.3) is 0 Å². The molecular weight excluding hydrogens is 286 g/mol. The number of carboxylic acids is 1. The number of benzene rings is 2. The first-order valence-corrected chi connectivity index (χ1v) is 7.70. The van der Waals surface area contributed by atoms with Gasteiger partial charge < -0.3 is 9.67 Å². The SMILES string of the molecule is Cn1cc(C(=O)O)c2ccc(-c3ccc(C(C)(C)C)cc3)cc21. The normalized spacial score (nSPS) is 11.8. The molecule has 0 fully saturated rings. The summed E-state index contributed by atoms with van der Waals surface area (Å²) in [5, 5.41) is 10.0. The number of nitrogens with zero attached hydrogens (tertiary/aromatic N) is 1. The van der Waals surface area contributed by atoms with Crippen LogP contribution in [-0.4, -0.2) is 15.6 Å². The third-order valence-electron chi connectivity index (χ3n) is 4.31. The van der Waals surface area contributed by atoms with E-state index in [9.17, 15) is 9.90 Å². The van der Waals surface area contributed by atoms with Gasteiger partial charge in [-0.2, -0.15) is 0 Å². The molecule has 1 N–H and O–H groups in total. The third-order valence-corrected chi connectivity index (χ3v) is 4.31. The van der Waals surface area contributed by atoms with Crippen LogP contribution in [0.15, 0.2) is 48.7 Å². The Labute approximate surface area is 136 Å². The standard InChI is InChI=1S/C20H21NO2/c1-20(2,3)15-8-5-13(6-9-15)14-7-10-16-17(19(22)23)12-21(4)18(16)11-14/h5-12H,1-4H3,(H,22,23). The number of rotatable bonds is 2. The van der Waals surface area contributed by atoms with E-state index < -0.39 is 5.97 Å². The van der Waals surface area contributed by atoms with E-state index in [4.69, 9.17) is 0 Å². The maximum Gasteiger partial charge on any atom is 0.337 e. The fourth-order valence-corrected chi connectivity index (χ4v) is 2.90. The molecule has 0 unspecified atom stereocenters.